The molecule has 0 spiro atoms. The summed E-state index contributed by atoms with van der Waals surface area (Å²) in [6, 6.07) is 6.88. The summed E-state index contributed by atoms with van der Waals surface area (Å²) in [6.45, 7) is 4.51. The first-order chi connectivity index (χ1) is 18.1. The van der Waals surface area contributed by atoms with Crippen molar-refractivity contribution in [1.29, 1.82) is 0 Å². The quantitative estimate of drug-likeness (QED) is 0.230. The van der Waals surface area contributed by atoms with Gasteiger partial charge in [0.2, 0.25) is 6.79 Å². The molecule has 0 amide bonds. The maximum atomic E-state index is 13.8. The second-order valence-corrected chi connectivity index (χ2v) is 9.01. The Hall–Kier alpha value is -3.31. The molecule has 0 fully saturated rings. The molecule has 1 aromatic heterocycles. The number of ether oxygens (including phenoxy) is 4. The molecule has 0 atom stereocenters. The van der Waals surface area contributed by atoms with Gasteiger partial charge in [-0.15, -0.1) is 12.4 Å². The molecule has 3 aromatic rings. The molecule has 204 valence electrons. The van der Waals surface area contributed by atoms with Crippen LogP contribution in [0, 0.1) is 0 Å². The molecule has 2 aliphatic rings. The SMILES string of the molecule is COc1cc2c3c(n(CCCNCCCNCCN)c(=O)c2cc1OC)-c1cc2c(cc1C3=O)OCO2.Cl. The van der Waals surface area contributed by atoms with Crippen LogP contribution in [-0.4, -0.2) is 64.1 Å². The monoisotopic (exact) mass is 544 g/mol. The highest BCUT2D eigenvalue weighted by Gasteiger charge is 2.35. The Morgan fingerprint density at radius 1 is 0.868 bits per heavy atom. The molecule has 0 unspecified atom stereocenters. The fraction of sp³-hybridized carbons (Fsp3) is 0.407. The van der Waals surface area contributed by atoms with E-state index in [2.05, 4.69) is 10.6 Å². The van der Waals surface area contributed by atoms with Crippen molar-refractivity contribution in [2.45, 2.75) is 19.4 Å². The van der Waals surface area contributed by atoms with E-state index in [9.17, 15) is 9.59 Å². The van der Waals surface area contributed by atoms with Gasteiger partial charge in [-0.1, -0.05) is 0 Å². The van der Waals surface area contributed by atoms with Crippen molar-refractivity contribution in [3.63, 3.8) is 0 Å². The minimum absolute atomic E-state index is 0. The third kappa shape index (κ3) is 4.92. The summed E-state index contributed by atoms with van der Waals surface area (Å²) in [5.74, 6) is 1.83. The first-order valence-electron chi connectivity index (χ1n) is 12.5. The molecule has 4 N–H and O–H groups in total. The van der Waals surface area contributed by atoms with E-state index in [4.69, 9.17) is 24.7 Å². The largest absolute Gasteiger partial charge is 0.493 e. The van der Waals surface area contributed by atoms with Gasteiger partial charge in [0, 0.05) is 36.1 Å². The smallest absolute Gasteiger partial charge is 0.259 e. The summed E-state index contributed by atoms with van der Waals surface area (Å²) in [6.07, 6.45) is 1.71. The number of pyridine rings is 1. The van der Waals surface area contributed by atoms with E-state index in [-0.39, 0.29) is 30.5 Å². The average molecular weight is 545 g/mol. The highest BCUT2D eigenvalue weighted by molar-refractivity contribution is 6.27. The first-order valence-corrected chi connectivity index (χ1v) is 12.5. The van der Waals surface area contributed by atoms with Gasteiger partial charge >= 0.3 is 0 Å². The number of fused-ring (bicyclic) bond motifs is 6. The number of rotatable bonds is 12. The van der Waals surface area contributed by atoms with Gasteiger partial charge in [0.15, 0.2) is 28.8 Å². The Morgan fingerprint density at radius 3 is 2.13 bits per heavy atom. The number of hydrogen-bond donors (Lipinski definition) is 3. The number of methoxy groups -OCH3 is 2. The van der Waals surface area contributed by atoms with E-state index in [1.807, 2.05) is 0 Å². The molecule has 11 heteroatoms. The third-order valence-corrected chi connectivity index (χ3v) is 6.78. The van der Waals surface area contributed by atoms with E-state index >= 15 is 0 Å². The lowest BCUT2D eigenvalue weighted by atomic mass is 10.0. The summed E-state index contributed by atoms with van der Waals surface area (Å²) < 4.78 is 23.7. The summed E-state index contributed by atoms with van der Waals surface area (Å²) in [7, 11) is 3.05. The standard InChI is InChI=1S/C27H32N4O6.ClH/c1-34-20-11-16-19(14-21(20)35-2)27(33)31(10-4-8-29-6-3-7-30-9-5-28)25-17-12-22-23(37-15-36-22)13-18(17)26(32)24(16)25;/h11-14,29-30H,3-10,15,28H2,1-2H3;1H. The van der Waals surface area contributed by atoms with Crippen molar-refractivity contribution < 1.29 is 23.7 Å². The predicted octanol–water partition coefficient (Wildman–Crippen LogP) is 2.30. The maximum Gasteiger partial charge on any atom is 0.259 e. The third-order valence-electron chi connectivity index (χ3n) is 6.78. The van der Waals surface area contributed by atoms with Crippen LogP contribution < -0.4 is 40.9 Å². The van der Waals surface area contributed by atoms with Crippen molar-refractivity contribution in [1.82, 2.24) is 15.2 Å². The Bertz CT molecular complexity index is 1410. The van der Waals surface area contributed by atoms with Crippen molar-refractivity contribution in [2.24, 2.45) is 5.73 Å². The van der Waals surface area contributed by atoms with Crippen LogP contribution in [-0.2, 0) is 6.54 Å². The van der Waals surface area contributed by atoms with Gasteiger partial charge in [-0.25, -0.2) is 0 Å². The molecule has 10 nitrogen and oxygen atoms in total. The van der Waals surface area contributed by atoms with Gasteiger partial charge in [0.05, 0.1) is 30.9 Å². The lowest BCUT2D eigenvalue weighted by Crippen LogP contribution is -2.28. The fourth-order valence-electron chi connectivity index (χ4n) is 5.01. The van der Waals surface area contributed by atoms with Gasteiger partial charge in [0.1, 0.15) is 0 Å². The van der Waals surface area contributed by atoms with Crippen LogP contribution >= 0.6 is 12.4 Å². The first kappa shape index (κ1) is 27.7. The van der Waals surface area contributed by atoms with Crippen LogP contribution in [0.1, 0.15) is 28.8 Å². The molecule has 2 aromatic carbocycles. The number of hydrogen-bond acceptors (Lipinski definition) is 9. The minimum atomic E-state index is -0.181. The number of carbonyl (C=O) groups is 1. The van der Waals surface area contributed by atoms with Gasteiger partial charge in [-0.2, -0.15) is 0 Å². The van der Waals surface area contributed by atoms with E-state index in [0.29, 0.717) is 69.2 Å². The van der Waals surface area contributed by atoms with Crippen molar-refractivity contribution in [2.75, 3.05) is 53.7 Å². The Morgan fingerprint density at radius 2 is 1.47 bits per heavy atom. The van der Waals surface area contributed by atoms with Crippen LogP contribution in [0.2, 0.25) is 0 Å². The molecule has 38 heavy (non-hydrogen) atoms. The molecule has 2 heterocycles. The lowest BCUT2D eigenvalue weighted by molar-refractivity contribution is 0.104. The van der Waals surface area contributed by atoms with Gasteiger partial charge in [-0.05, 0) is 56.7 Å². The number of carbonyl (C=O) groups excluding carboxylic acids is 1. The number of nitrogens with zero attached hydrogens (tertiary/aromatic N) is 1. The molecule has 1 aliphatic heterocycles. The molecular formula is C27H33ClN4O6. The predicted molar refractivity (Wildman–Crippen MR) is 148 cm³/mol. The number of benzene rings is 2. The maximum absolute atomic E-state index is 13.8. The fourth-order valence-corrected chi connectivity index (χ4v) is 5.01. The normalized spacial score (nSPS) is 12.9. The summed E-state index contributed by atoms with van der Waals surface area (Å²) in [5, 5.41) is 7.65. The zero-order valence-electron chi connectivity index (χ0n) is 21.6. The van der Waals surface area contributed by atoms with Gasteiger partial charge in [-0.3, -0.25) is 9.59 Å². The molecule has 0 saturated heterocycles. The molecule has 0 bridgehead atoms. The average Bonchev–Trinajstić information content (AvgIpc) is 3.49. The van der Waals surface area contributed by atoms with Crippen molar-refractivity contribution >= 4 is 29.0 Å². The highest BCUT2D eigenvalue weighted by Crippen LogP contribution is 2.46. The number of aromatic nitrogens is 1. The van der Waals surface area contributed by atoms with Crippen LogP contribution in [0.5, 0.6) is 23.0 Å². The second kappa shape index (κ2) is 12.0. The zero-order valence-corrected chi connectivity index (χ0v) is 22.4. The Labute approximate surface area is 226 Å². The zero-order chi connectivity index (χ0) is 25.9. The topological polar surface area (TPSA) is 126 Å². The van der Waals surface area contributed by atoms with Crippen LogP contribution in [0.3, 0.4) is 0 Å². The van der Waals surface area contributed by atoms with E-state index < -0.39 is 0 Å². The van der Waals surface area contributed by atoms with E-state index in [1.165, 1.54) is 14.2 Å². The number of nitrogens with two attached hydrogens (primary N) is 1. The minimum Gasteiger partial charge on any atom is -0.493 e. The molecular weight excluding hydrogens is 512 g/mol. The van der Waals surface area contributed by atoms with Gasteiger partial charge < -0.3 is 39.9 Å². The van der Waals surface area contributed by atoms with E-state index in [0.717, 1.165) is 39.0 Å². The van der Waals surface area contributed by atoms with Gasteiger partial charge in [0.25, 0.3) is 5.56 Å². The lowest BCUT2D eigenvalue weighted by Gasteiger charge is -2.17. The van der Waals surface area contributed by atoms with E-state index in [1.54, 1.807) is 28.8 Å². The van der Waals surface area contributed by atoms with Crippen LogP contribution in [0.25, 0.3) is 22.0 Å². The summed E-state index contributed by atoms with van der Waals surface area (Å²) >= 11 is 0. The van der Waals surface area contributed by atoms with Crippen LogP contribution in [0.4, 0.5) is 0 Å². The van der Waals surface area contributed by atoms with Crippen molar-refractivity contribution in [3.05, 3.63) is 45.7 Å². The number of halogens is 1. The molecule has 0 saturated carbocycles. The number of ketones is 1. The van der Waals surface area contributed by atoms with Crippen molar-refractivity contribution in [3.8, 4) is 34.3 Å². The second-order valence-electron chi connectivity index (χ2n) is 9.01. The summed E-state index contributed by atoms with van der Waals surface area (Å²) in [4.78, 5) is 27.6. The molecule has 5 rings (SSSR count). The Kier molecular flexibility index (Phi) is 8.78. The number of nitrogens with one attached hydrogen (secondary N) is 2. The highest BCUT2D eigenvalue weighted by atomic mass is 35.5. The molecule has 1 aliphatic carbocycles. The van der Waals surface area contributed by atoms with Crippen LogP contribution in [0.15, 0.2) is 29.1 Å². The Balaban J connectivity index is 0.00000336. The molecule has 0 radical (unpaired) electrons. The summed E-state index contributed by atoms with van der Waals surface area (Å²) in [5.41, 5.74) is 7.57.